The van der Waals surface area contributed by atoms with Crippen LogP contribution in [-0.4, -0.2) is 19.0 Å². The van der Waals surface area contributed by atoms with Crippen LogP contribution in [0.25, 0.3) is 0 Å². The Balaban J connectivity index is 1.61. The summed E-state index contributed by atoms with van der Waals surface area (Å²) < 4.78 is 19.4. The third-order valence-corrected chi connectivity index (χ3v) is 7.74. The molecule has 3 aromatic rings. The molecule has 3 aromatic carbocycles. The molecule has 34 heavy (non-hydrogen) atoms. The van der Waals surface area contributed by atoms with Crippen LogP contribution in [0.3, 0.4) is 0 Å². The van der Waals surface area contributed by atoms with Gasteiger partial charge in [-0.2, -0.15) is 0 Å². The fourth-order valence-electron chi connectivity index (χ4n) is 6.00. The highest BCUT2D eigenvalue weighted by atomic mass is 19.1. The van der Waals surface area contributed by atoms with Gasteiger partial charge in [0.05, 0.1) is 24.6 Å². The van der Waals surface area contributed by atoms with Gasteiger partial charge >= 0.3 is 5.97 Å². The van der Waals surface area contributed by atoms with Crippen molar-refractivity contribution in [2.24, 2.45) is 5.92 Å². The number of methoxy groups -OCH3 is 1. The number of halogens is 1. The molecule has 2 aliphatic rings. The molecule has 1 spiro atoms. The molecule has 0 N–H and O–H groups in total. The number of hydrogen-bond acceptors (Lipinski definition) is 3. The number of aryl methyl sites for hydroxylation is 1. The molecule has 2 atom stereocenters. The lowest BCUT2D eigenvalue weighted by atomic mass is 9.75. The first-order valence-corrected chi connectivity index (χ1v) is 11.6. The highest BCUT2D eigenvalue weighted by molar-refractivity contribution is 6.12. The molecule has 1 aliphatic heterocycles. The zero-order chi connectivity index (χ0) is 24.3. The number of nitrogens with zero attached hydrogens (tertiary/aromatic N) is 1. The second-order valence-electron chi connectivity index (χ2n) is 9.82. The molecule has 0 saturated heterocycles. The van der Waals surface area contributed by atoms with Crippen LogP contribution in [0, 0.1) is 18.7 Å². The van der Waals surface area contributed by atoms with Crippen molar-refractivity contribution in [3.63, 3.8) is 0 Å². The summed E-state index contributed by atoms with van der Waals surface area (Å²) in [5, 5.41) is 0. The first-order valence-electron chi connectivity index (χ1n) is 11.6. The maximum atomic E-state index is 14.5. The molecule has 0 aromatic heterocycles. The summed E-state index contributed by atoms with van der Waals surface area (Å²) in [7, 11) is 1.34. The SMILES string of the molecule is COC(=O)c1cccc(CN2C(=O)[C@@]3(C[C@]3(c3ccc(C)cc3)C(C)C)c3cc(F)ccc32)c1. The van der Waals surface area contributed by atoms with E-state index in [-0.39, 0.29) is 17.6 Å². The van der Waals surface area contributed by atoms with Gasteiger partial charge in [0.1, 0.15) is 5.82 Å². The van der Waals surface area contributed by atoms with E-state index in [1.165, 1.54) is 19.2 Å². The van der Waals surface area contributed by atoms with E-state index in [1.54, 1.807) is 29.2 Å². The topological polar surface area (TPSA) is 46.6 Å². The number of carbonyl (C=O) groups is 2. The first-order chi connectivity index (χ1) is 16.2. The largest absolute Gasteiger partial charge is 0.465 e. The van der Waals surface area contributed by atoms with Crippen LogP contribution in [0.5, 0.6) is 0 Å². The third kappa shape index (κ3) is 3.03. The van der Waals surface area contributed by atoms with E-state index in [9.17, 15) is 14.0 Å². The maximum absolute atomic E-state index is 14.5. The Morgan fingerprint density at radius 3 is 2.50 bits per heavy atom. The van der Waals surface area contributed by atoms with E-state index in [2.05, 4.69) is 38.1 Å². The molecule has 5 rings (SSSR count). The number of anilines is 1. The summed E-state index contributed by atoms with van der Waals surface area (Å²) in [5.41, 5.74) is 3.83. The molecule has 5 heteroatoms. The van der Waals surface area contributed by atoms with E-state index in [0.29, 0.717) is 18.5 Å². The first kappa shape index (κ1) is 22.3. The number of esters is 1. The van der Waals surface area contributed by atoms with Gasteiger partial charge in [-0.1, -0.05) is 55.8 Å². The highest BCUT2D eigenvalue weighted by Gasteiger charge is 2.77. The van der Waals surface area contributed by atoms with Crippen molar-refractivity contribution in [1.29, 1.82) is 0 Å². The molecule has 1 saturated carbocycles. The number of hydrogen-bond donors (Lipinski definition) is 0. The van der Waals surface area contributed by atoms with E-state index in [4.69, 9.17) is 4.74 Å². The third-order valence-electron chi connectivity index (χ3n) is 7.74. The lowest BCUT2D eigenvalue weighted by Gasteiger charge is -2.27. The van der Waals surface area contributed by atoms with Crippen LogP contribution in [0.1, 0.15) is 52.9 Å². The number of amides is 1. The molecule has 1 amide bonds. The van der Waals surface area contributed by atoms with Crippen molar-refractivity contribution in [1.82, 2.24) is 0 Å². The van der Waals surface area contributed by atoms with Crippen molar-refractivity contribution >= 4 is 17.6 Å². The lowest BCUT2D eigenvalue weighted by Crippen LogP contribution is -2.38. The molecule has 0 unspecified atom stereocenters. The van der Waals surface area contributed by atoms with E-state index in [0.717, 1.165) is 27.9 Å². The van der Waals surface area contributed by atoms with Gasteiger partial charge in [0.25, 0.3) is 0 Å². The minimum absolute atomic E-state index is 0.00848. The second kappa shape index (κ2) is 7.79. The summed E-state index contributed by atoms with van der Waals surface area (Å²) in [5.74, 6) is -0.591. The van der Waals surface area contributed by atoms with Crippen molar-refractivity contribution in [2.45, 2.75) is 44.6 Å². The predicted molar refractivity (Wildman–Crippen MR) is 129 cm³/mol. The average molecular weight is 458 g/mol. The van der Waals surface area contributed by atoms with Gasteiger partial charge in [-0.15, -0.1) is 0 Å². The van der Waals surface area contributed by atoms with Crippen LogP contribution in [0.4, 0.5) is 10.1 Å². The number of benzene rings is 3. The zero-order valence-electron chi connectivity index (χ0n) is 19.9. The summed E-state index contributed by atoms with van der Waals surface area (Å²) in [6, 6.07) is 20.1. The van der Waals surface area contributed by atoms with Crippen molar-refractivity contribution in [3.05, 3.63) is 100 Å². The Kier molecular flexibility index (Phi) is 5.12. The van der Waals surface area contributed by atoms with E-state index < -0.39 is 16.8 Å². The van der Waals surface area contributed by atoms with Gasteiger partial charge in [0.15, 0.2) is 0 Å². The monoisotopic (exact) mass is 457 g/mol. The van der Waals surface area contributed by atoms with Gasteiger partial charge < -0.3 is 9.64 Å². The Morgan fingerprint density at radius 2 is 1.82 bits per heavy atom. The van der Waals surface area contributed by atoms with Crippen molar-refractivity contribution in [2.75, 3.05) is 12.0 Å². The summed E-state index contributed by atoms with van der Waals surface area (Å²) in [4.78, 5) is 28.0. The molecule has 1 aliphatic carbocycles. The summed E-state index contributed by atoms with van der Waals surface area (Å²) >= 11 is 0. The van der Waals surface area contributed by atoms with Crippen LogP contribution in [0.15, 0.2) is 66.7 Å². The van der Waals surface area contributed by atoms with Gasteiger partial charge in [-0.05, 0) is 66.3 Å². The molecule has 174 valence electrons. The minimum Gasteiger partial charge on any atom is -0.465 e. The smallest absolute Gasteiger partial charge is 0.337 e. The number of rotatable bonds is 5. The Labute approximate surface area is 199 Å². The minimum atomic E-state index is -0.798. The Morgan fingerprint density at radius 1 is 1.09 bits per heavy atom. The fraction of sp³-hybridized carbons (Fsp3) is 0.310. The fourth-order valence-corrected chi connectivity index (χ4v) is 6.00. The Hall–Kier alpha value is -3.47. The van der Waals surface area contributed by atoms with Gasteiger partial charge in [-0.3, -0.25) is 4.79 Å². The zero-order valence-corrected chi connectivity index (χ0v) is 19.9. The van der Waals surface area contributed by atoms with Crippen LogP contribution in [0.2, 0.25) is 0 Å². The van der Waals surface area contributed by atoms with Crippen molar-refractivity contribution in [3.8, 4) is 0 Å². The molecular weight excluding hydrogens is 429 g/mol. The second-order valence-corrected chi connectivity index (χ2v) is 9.82. The molecular formula is C29H28FNO3. The standard InChI is InChI=1S/C29H28FNO3/c1-18(2)28(22-10-8-19(3)9-11-22)17-29(28)24-15-23(30)12-13-25(24)31(27(29)33)16-20-6-5-7-21(14-20)26(32)34-4/h5-15,18H,16-17H2,1-4H3/t28-,29-/m1/s1. The average Bonchev–Trinajstić information content (AvgIpc) is 3.50. The quantitative estimate of drug-likeness (QED) is 0.462. The molecule has 1 fully saturated rings. The van der Waals surface area contributed by atoms with E-state index in [1.807, 2.05) is 13.0 Å². The molecule has 0 radical (unpaired) electrons. The number of carbonyl (C=O) groups excluding carboxylic acids is 2. The molecule has 0 bridgehead atoms. The molecule has 1 heterocycles. The van der Waals surface area contributed by atoms with E-state index >= 15 is 0 Å². The van der Waals surface area contributed by atoms with Crippen LogP contribution < -0.4 is 4.90 Å². The molecule has 4 nitrogen and oxygen atoms in total. The van der Waals surface area contributed by atoms with Crippen molar-refractivity contribution < 1.29 is 18.7 Å². The maximum Gasteiger partial charge on any atom is 0.337 e. The van der Waals surface area contributed by atoms with Crippen LogP contribution in [-0.2, 0) is 26.9 Å². The van der Waals surface area contributed by atoms with Crippen LogP contribution >= 0.6 is 0 Å². The summed E-state index contributed by atoms with van der Waals surface area (Å²) in [6.07, 6.45) is 0.648. The number of fused-ring (bicyclic) bond motifs is 2. The Bertz CT molecular complexity index is 1300. The van der Waals surface area contributed by atoms with Gasteiger partial charge in [-0.25, -0.2) is 9.18 Å². The highest BCUT2D eigenvalue weighted by Crippen LogP contribution is 2.73. The number of ether oxygens (including phenoxy) is 1. The van der Waals surface area contributed by atoms with Gasteiger partial charge in [0.2, 0.25) is 5.91 Å². The summed E-state index contributed by atoms with van der Waals surface area (Å²) in [6.45, 7) is 6.63. The normalized spacial score (nSPS) is 22.9. The van der Waals surface area contributed by atoms with Gasteiger partial charge in [0, 0.05) is 11.1 Å². The predicted octanol–water partition coefficient (Wildman–Crippen LogP) is 5.70. The lowest BCUT2D eigenvalue weighted by molar-refractivity contribution is -0.121.